The number of ether oxygens (including phenoxy) is 1. The van der Waals surface area contributed by atoms with Crippen LogP contribution in [0.15, 0.2) is 48.7 Å². The fourth-order valence-corrected chi connectivity index (χ4v) is 5.00. The van der Waals surface area contributed by atoms with Gasteiger partial charge in [0.15, 0.2) is 0 Å². The minimum atomic E-state index is -3.49. The largest absolute Gasteiger partial charge is 0.379 e. The highest BCUT2D eigenvalue weighted by Crippen LogP contribution is 2.26. The number of hydrogen-bond acceptors (Lipinski definition) is 7. The average Bonchev–Trinajstić information content (AvgIpc) is 3.12. The van der Waals surface area contributed by atoms with Crippen LogP contribution in [0.2, 0.25) is 0 Å². The van der Waals surface area contributed by atoms with Crippen LogP contribution in [0.25, 0.3) is 5.65 Å². The van der Waals surface area contributed by atoms with E-state index in [1.54, 1.807) is 48.7 Å². The van der Waals surface area contributed by atoms with E-state index in [0.717, 1.165) is 5.56 Å². The van der Waals surface area contributed by atoms with Gasteiger partial charge < -0.3 is 20.2 Å². The summed E-state index contributed by atoms with van der Waals surface area (Å²) in [4.78, 5) is 15.4. The molecule has 11 heteroatoms. The summed E-state index contributed by atoms with van der Waals surface area (Å²) in [5, 5.41) is 14.6. The van der Waals surface area contributed by atoms with E-state index in [2.05, 4.69) is 10.3 Å². The number of fused-ring (bicyclic) bond motifs is 1. The molecule has 3 heterocycles. The Morgan fingerprint density at radius 1 is 1.10 bits per heavy atom. The molecule has 0 amide bonds. The first kappa shape index (κ1) is 20.3. The van der Waals surface area contributed by atoms with Crippen molar-refractivity contribution in [3.05, 3.63) is 69.9 Å². The van der Waals surface area contributed by atoms with Crippen molar-refractivity contribution in [2.45, 2.75) is 12.3 Å². The number of pyridine rings is 1. The number of rotatable bonds is 7. The quantitative estimate of drug-likeness (QED) is 0.449. The summed E-state index contributed by atoms with van der Waals surface area (Å²) in [5.41, 5.74) is 1.83. The smallest absolute Gasteiger partial charge is 0.372 e. The number of anilines is 1. The molecule has 10 nitrogen and oxygen atoms in total. The van der Waals surface area contributed by atoms with Gasteiger partial charge in [-0.25, -0.2) is 8.42 Å². The van der Waals surface area contributed by atoms with Crippen molar-refractivity contribution in [2.24, 2.45) is 0 Å². The molecule has 1 N–H and O–H groups in total. The standard InChI is InChI=1S/C19H21N5O5S/c25-24(26)19-18(21-17-7-3-4-8-23(17)19)20-13-15-5-1-2-6-16(15)14-30(27,28)22-9-11-29-12-10-22/h1-8,20H,9-14H2. The van der Waals surface area contributed by atoms with Gasteiger partial charge in [-0.2, -0.15) is 13.7 Å². The number of imidazole rings is 1. The van der Waals surface area contributed by atoms with Gasteiger partial charge in [-0.15, -0.1) is 0 Å². The molecule has 0 spiro atoms. The summed E-state index contributed by atoms with van der Waals surface area (Å²) < 4.78 is 33.6. The molecule has 0 unspecified atom stereocenters. The Balaban J connectivity index is 1.56. The SMILES string of the molecule is O=[N+]([O-])c1c(NCc2ccccc2CS(=O)(=O)N2CCOCC2)nc2ccccn12. The number of nitro groups is 1. The minimum absolute atomic E-state index is 0.136. The molecule has 1 aliphatic heterocycles. The van der Waals surface area contributed by atoms with E-state index < -0.39 is 14.9 Å². The Kier molecular flexibility index (Phi) is 5.66. The van der Waals surface area contributed by atoms with E-state index in [0.29, 0.717) is 37.5 Å². The van der Waals surface area contributed by atoms with Crippen LogP contribution in [0.3, 0.4) is 0 Å². The number of morpholine rings is 1. The van der Waals surface area contributed by atoms with Crippen molar-refractivity contribution < 1.29 is 18.1 Å². The zero-order valence-corrected chi connectivity index (χ0v) is 16.9. The highest BCUT2D eigenvalue weighted by atomic mass is 32.2. The van der Waals surface area contributed by atoms with Crippen molar-refractivity contribution in [3.63, 3.8) is 0 Å². The van der Waals surface area contributed by atoms with Gasteiger partial charge in [0.05, 0.1) is 25.2 Å². The lowest BCUT2D eigenvalue weighted by atomic mass is 10.1. The zero-order chi connectivity index (χ0) is 21.1. The number of sulfonamides is 1. The Bertz CT molecular complexity index is 1170. The van der Waals surface area contributed by atoms with Gasteiger partial charge >= 0.3 is 5.82 Å². The van der Waals surface area contributed by atoms with Crippen LogP contribution in [0, 0.1) is 10.1 Å². The number of aromatic nitrogens is 2. The maximum atomic E-state index is 12.8. The fraction of sp³-hybridized carbons (Fsp3) is 0.316. The second kappa shape index (κ2) is 8.38. The molecule has 0 atom stereocenters. The van der Waals surface area contributed by atoms with Crippen molar-refractivity contribution in [1.29, 1.82) is 0 Å². The summed E-state index contributed by atoms with van der Waals surface area (Å²) in [5.74, 6) is -0.168. The lowest BCUT2D eigenvalue weighted by Crippen LogP contribution is -2.41. The number of nitrogens with zero attached hydrogens (tertiary/aromatic N) is 4. The van der Waals surface area contributed by atoms with Gasteiger partial charge in [-0.1, -0.05) is 30.3 Å². The van der Waals surface area contributed by atoms with E-state index in [-0.39, 0.29) is 23.9 Å². The van der Waals surface area contributed by atoms with Gasteiger partial charge in [0.2, 0.25) is 21.5 Å². The first-order chi connectivity index (χ1) is 14.5. The van der Waals surface area contributed by atoms with Gasteiger partial charge in [0.25, 0.3) is 0 Å². The van der Waals surface area contributed by atoms with Gasteiger partial charge in [-0.3, -0.25) is 0 Å². The summed E-state index contributed by atoms with van der Waals surface area (Å²) >= 11 is 0. The van der Waals surface area contributed by atoms with Crippen LogP contribution in [0.5, 0.6) is 0 Å². The Morgan fingerprint density at radius 3 is 2.53 bits per heavy atom. The topological polar surface area (TPSA) is 119 Å². The van der Waals surface area contributed by atoms with Crippen LogP contribution >= 0.6 is 0 Å². The Labute approximate surface area is 173 Å². The molecule has 1 fully saturated rings. The molecule has 158 valence electrons. The molecular formula is C19H21N5O5S. The first-order valence-electron chi connectivity index (χ1n) is 9.43. The first-order valence-corrected chi connectivity index (χ1v) is 11.0. The highest BCUT2D eigenvalue weighted by molar-refractivity contribution is 7.88. The fourth-order valence-electron chi connectivity index (χ4n) is 3.44. The van der Waals surface area contributed by atoms with Crippen LogP contribution in [0.1, 0.15) is 11.1 Å². The predicted molar refractivity (Wildman–Crippen MR) is 111 cm³/mol. The normalized spacial score (nSPS) is 15.3. The molecule has 0 aliphatic carbocycles. The van der Waals surface area contributed by atoms with Crippen LogP contribution < -0.4 is 5.32 Å². The molecule has 1 aliphatic rings. The monoisotopic (exact) mass is 431 g/mol. The van der Waals surface area contributed by atoms with E-state index in [4.69, 9.17) is 4.74 Å². The average molecular weight is 431 g/mol. The molecule has 0 bridgehead atoms. The maximum Gasteiger partial charge on any atom is 0.372 e. The van der Waals surface area contributed by atoms with E-state index in [9.17, 15) is 18.5 Å². The minimum Gasteiger partial charge on any atom is -0.379 e. The van der Waals surface area contributed by atoms with Gasteiger partial charge in [0, 0.05) is 25.7 Å². The summed E-state index contributed by atoms with van der Waals surface area (Å²) in [6.07, 6.45) is 1.58. The van der Waals surface area contributed by atoms with Crippen molar-refractivity contribution in [1.82, 2.24) is 13.7 Å². The predicted octanol–water partition coefficient (Wildman–Crippen LogP) is 2.02. The molecular weight excluding hydrogens is 410 g/mol. The molecule has 1 aromatic carbocycles. The van der Waals surface area contributed by atoms with Crippen LogP contribution in [-0.4, -0.2) is 53.3 Å². The summed E-state index contributed by atoms with van der Waals surface area (Å²) in [6.45, 7) is 1.67. The summed E-state index contributed by atoms with van der Waals surface area (Å²) in [7, 11) is -3.49. The zero-order valence-electron chi connectivity index (χ0n) is 16.1. The molecule has 4 rings (SSSR count). The van der Waals surface area contributed by atoms with Crippen molar-refractivity contribution >= 4 is 27.3 Å². The van der Waals surface area contributed by atoms with Crippen LogP contribution in [-0.2, 0) is 27.1 Å². The maximum absolute atomic E-state index is 12.8. The Morgan fingerprint density at radius 2 is 1.80 bits per heavy atom. The molecule has 3 aromatic rings. The second-order valence-corrected chi connectivity index (χ2v) is 8.83. The van der Waals surface area contributed by atoms with E-state index >= 15 is 0 Å². The van der Waals surface area contributed by atoms with Gasteiger partial charge in [-0.05, 0) is 22.1 Å². The molecule has 1 saturated heterocycles. The Hall–Kier alpha value is -3.02. The third kappa shape index (κ3) is 4.13. The van der Waals surface area contributed by atoms with Crippen molar-refractivity contribution in [3.8, 4) is 0 Å². The lowest BCUT2D eigenvalue weighted by Gasteiger charge is -2.26. The lowest BCUT2D eigenvalue weighted by molar-refractivity contribution is -0.389. The van der Waals surface area contributed by atoms with E-state index in [1.807, 2.05) is 0 Å². The summed E-state index contributed by atoms with van der Waals surface area (Å²) in [6, 6.07) is 12.3. The van der Waals surface area contributed by atoms with E-state index in [1.165, 1.54) is 8.71 Å². The number of benzene rings is 1. The third-order valence-electron chi connectivity index (χ3n) is 4.94. The molecule has 0 radical (unpaired) electrons. The molecule has 2 aromatic heterocycles. The molecule has 30 heavy (non-hydrogen) atoms. The number of hydrogen-bond donors (Lipinski definition) is 1. The van der Waals surface area contributed by atoms with Gasteiger partial charge in [0.1, 0.15) is 0 Å². The molecule has 0 saturated carbocycles. The van der Waals surface area contributed by atoms with Crippen molar-refractivity contribution in [2.75, 3.05) is 31.6 Å². The number of nitrogens with one attached hydrogen (secondary N) is 1. The third-order valence-corrected chi connectivity index (χ3v) is 6.77. The van der Waals surface area contributed by atoms with Crippen LogP contribution in [0.4, 0.5) is 11.6 Å². The highest BCUT2D eigenvalue weighted by Gasteiger charge is 2.26. The second-order valence-electron chi connectivity index (χ2n) is 6.86.